The Morgan fingerprint density at radius 1 is 0.800 bits per heavy atom. The van der Waals surface area contributed by atoms with Crippen molar-refractivity contribution in [1.29, 1.82) is 0 Å². The highest BCUT2D eigenvalue weighted by atomic mass is 16.5. The minimum atomic E-state index is -0.180. The molecule has 0 unspecified atom stereocenters. The van der Waals surface area contributed by atoms with Gasteiger partial charge in [-0.1, -0.05) is 66.7 Å². The average molecular weight is 402 g/mol. The highest BCUT2D eigenvalue weighted by molar-refractivity contribution is 5.94. The van der Waals surface area contributed by atoms with E-state index in [1.165, 1.54) is 0 Å². The molecule has 3 rings (SSSR count). The Balaban J connectivity index is 1.48. The third-order valence-corrected chi connectivity index (χ3v) is 4.56. The van der Waals surface area contributed by atoms with Crippen LogP contribution in [0.3, 0.4) is 0 Å². The maximum atomic E-state index is 12.9. The molecule has 0 spiro atoms. The van der Waals surface area contributed by atoms with E-state index in [4.69, 9.17) is 4.74 Å². The van der Waals surface area contributed by atoms with E-state index in [2.05, 4.69) is 5.32 Å². The molecule has 0 heterocycles. The number of carbonyl (C=O) groups excluding carboxylic acids is 2. The molecule has 0 fully saturated rings. The smallest absolute Gasteiger partial charge is 0.257 e. The molecule has 1 N–H and O–H groups in total. The van der Waals surface area contributed by atoms with E-state index in [1.54, 1.807) is 4.90 Å². The first-order chi connectivity index (χ1) is 14.7. The third kappa shape index (κ3) is 6.78. The number of ether oxygens (including phenoxy) is 1. The van der Waals surface area contributed by atoms with Crippen LogP contribution in [0.1, 0.15) is 12.0 Å². The number of rotatable bonds is 10. The summed E-state index contributed by atoms with van der Waals surface area (Å²) in [4.78, 5) is 26.7. The van der Waals surface area contributed by atoms with Gasteiger partial charge < -0.3 is 15.0 Å². The lowest BCUT2D eigenvalue weighted by molar-refractivity contribution is -0.123. The maximum Gasteiger partial charge on any atom is 0.257 e. The van der Waals surface area contributed by atoms with Crippen LogP contribution in [0.2, 0.25) is 0 Å². The number of para-hydroxylation sites is 2. The van der Waals surface area contributed by atoms with Crippen LogP contribution in [-0.2, 0) is 16.0 Å². The lowest BCUT2D eigenvalue weighted by Crippen LogP contribution is -2.36. The van der Waals surface area contributed by atoms with E-state index in [0.717, 1.165) is 11.3 Å². The fourth-order valence-electron chi connectivity index (χ4n) is 3.05. The maximum absolute atomic E-state index is 12.9. The van der Waals surface area contributed by atoms with Crippen LogP contribution in [0.5, 0.6) is 5.75 Å². The van der Waals surface area contributed by atoms with Gasteiger partial charge in [0.25, 0.3) is 5.91 Å². The van der Waals surface area contributed by atoms with E-state index in [0.29, 0.717) is 31.7 Å². The number of amides is 2. The molecule has 2 amide bonds. The van der Waals surface area contributed by atoms with Crippen molar-refractivity contribution in [2.75, 3.05) is 24.6 Å². The number of nitrogens with zero attached hydrogens (tertiary/aromatic N) is 1. The zero-order valence-corrected chi connectivity index (χ0v) is 16.9. The standard InChI is InChI=1S/C25H26N2O3/c28-24(20-30-23-15-8-3-9-16-23)26-17-10-18-27(22-13-6-2-7-14-22)25(29)19-21-11-4-1-5-12-21/h1-9,11-16H,10,17-20H2,(H,26,28). The fourth-order valence-corrected chi connectivity index (χ4v) is 3.05. The lowest BCUT2D eigenvalue weighted by Gasteiger charge is -2.23. The van der Waals surface area contributed by atoms with Gasteiger partial charge in [-0.15, -0.1) is 0 Å². The predicted octanol–water partition coefficient (Wildman–Crippen LogP) is 3.85. The second kappa shape index (κ2) is 11.4. The second-order valence-corrected chi connectivity index (χ2v) is 6.85. The van der Waals surface area contributed by atoms with Gasteiger partial charge in [-0.2, -0.15) is 0 Å². The van der Waals surface area contributed by atoms with Crippen molar-refractivity contribution in [2.24, 2.45) is 0 Å². The first-order valence-electron chi connectivity index (χ1n) is 10.1. The van der Waals surface area contributed by atoms with Crippen LogP contribution in [0.25, 0.3) is 0 Å². The molecule has 0 aliphatic rings. The normalized spacial score (nSPS) is 10.3. The van der Waals surface area contributed by atoms with Gasteiger partial charge in [-0.05, 0) is 36.2 Å². The molecule has 3 aromatic rings. The van der Waals surface area contributed by atoms with Crippen LogP contribution in [0.15, 0.2) is 91.0 Å². The molecule has 0 aliphatic heterocycles. The number of hydrogen-bond donors (Lipinski definition) is 1. The third-order valence-electron chi connectivity index (χ3n) is 4.56. The van der Waals surface area contributed by atoms with Gasteiger partial charge in [-0.25, -0.2) is 0 Å². The van der Waals surface area contributed by atoms with E-state index >= 15 is 0 Å². The molecule has 5 nitrogen and oxygen atoms in total. The Morgan fingerprint density at radius 3 is 2.07 bits per heavy atom. The van der Waals surface area contributed by atoms with Gasteiger partial charge in [0.15, 0.2) is 6.61 Å². The van der Waals surface area contributed by atoms with Crippen LogP contribution >= 0.6 is 0 Å². The van der Waals surface area contributed by atoms with Crippen LogP contribution in [-0.4, -0.2) is 31.5 Å². The minimum absolute atomic E-state index is 0.0284. The first kappa shape index (κ1) is 21.1. The summed E-state index contributed by atoms with van der Waals surface area (Å²) in [6, 6.07) is 28.6. The molecule has 5 heteroatoms. The number of anilines is 1. The molecule has 0 saturated heterocycles. The Kier molecular flexibility index (Phi) is 8.03. The second-order valence-electron chi connectivity index (χ2n) is 6.85. The molecular formula is C25H26N2O3. The lowest BCUT2D eigenvalue weighted by atomic mass is 10.1. The topological polar surface area (TPSA) is 58.6 Å². The van der Waals surface area contributed by atoms with Gasteiger partial charge in [-0.3, -0.25) is 9.59 Å². The highest BCUT2D eigenvalue weighted by Gasteiger charge is 2.16. The van der Waals surface area contributed by atoms with E-state index in [-0.39, 0.29) is 18.4 Å². The summed E-state index contributed by atoms with van der Waals surface area (Å²) >= 11 is 0. The number of hydrogen-bond acceptors (Lipinski definition) is 3. The van der Waals surface area contributed by atoms with Gasteiger partial charge in [0, 0.05) is 18.8 Å². The molecule has 30 heavy (non-hydrogen) atoms. The van der Waals surface area contributed by atoms with Crippen molar-refractivity contribution in [3.8, 4) is 5.75 Å². The summed E-state index contributed by atoms with van der Waals surface area (Å²) in [6.07, 6.45) is 0.986. The molecule has 0 atom stereocenters. The SMILES string of the molecule is O=C(COc1ccccc1)NCCCN(C(=O)Cc1ccccc1)c1ccccc1. The Hall–Kier alpha value is -3.60. The zero-order chi connectivity index (χ0) is 21.0. The monoisotopic (exact) mass is 402 g/mol. The van der Waals surface area contributed by atoms with Crippen molar-refractivity contribution in [3.63, 3.8) is 0 Å². The number of benzene rings is 3. The molecular weight excluding hydrogens is 376 g/mol. The van der Waals surface area contributed by atoms with Crippen molar-refractivity contribution < 1.29 is 14.3 Å². The van der Waals surface area contributed by atoms with Gasteiger partial charge in [0.2, 0.25) is 5.91 Å². The molecule has 3 aromatic carbocycles. The van der Waals surface area contributed by atoms with Crippen LogP contribution in [0, 0.1) is 0 Å². The van der Waals surface area contributed by atoms with Gasteiger partial charge >= 0.3 is 0 Å². The van der Waals surface area contributed by atoms with Crippen molar-refractivity contribution >= 4 is 17.5 Å². The summed E-state index contributed by atoms with van der Waals surface area (Å²) in [7, 11) is 0. The van der Waals surface area contributed by atoms with Crippen molar-refractivity contribution in [2.45, 2.75) is 12.8 Å². The first-order valence-corrected chi connectivity index (χ1v) is 10.1. The molecule has 154 valence electrons. The Morgan fingerprint density at radius 2 is 1.40 bits per heavy atom. The summed E-state index contributed by atoms with van der Waals surface area (Å²) in [6.45, 7) is 0.966. The summed E-state index contributed by atoms with van der Waals surface area (Å²) < 4.78 is 5.44. The minimum Gasteiger partial charge on any atom is -0.484 e. The summed E-state index contributed by atoms with van der Waals surface area (Å²) in [5.74, 6) is 0.515. The number of nitrogens with one attached hydrogen (secondary N) is 1. The zero-order valence-electron chi connectivity index (χ0n) is 16.9. The Bertz CT molecular complexity index is 915. The highest BCUT2D eigenvalue weighted by Crippen LogP contribution is 2.16. The predicted molar refractivity (Wildman–Crippen MR) is 119 cm³/mol. The van der Waals surface area contributed by atoms with E-state index in [9.17, 15) is 9.59 Å². The van der Waals surface area contributed by atoms with Crippen molar-refractivity contribution in [3.05, 3.63) is 96.6 Å². The van der Waals surface area contributed by atoms with Crippen LogP contribution < -0.4 is 15.0 Å². The van der Waals surface area contributed by atoms with Crippen LogP contribution in [0.4, 0.5) is 5.69 Å². The summed E-state index contributed by atoms with van der Waals surface area (Å²) in [5, 5.41) is 2.85. The van der Waals surface area contributed by atoms with Gasteiger partial charge in [0.1, 0.15) is 5.75 Å². The Labute approximate surface area is 177 Å². The number of carbonyl (C=O) groups is 2. The fraction of sp³-hybridized carbons (Fsp3) is 0.200. The molecule has 0 aromatic heterocycles. The van der Waals surface area contributed by atoms with Crippen molar-refractivity contribution in [1.82, 2.24) is 5.32 Å². The molecule has 0 bridgehead atoms. The quantitative estimate of drug-likeness (QED) is 0.524. The van der Waals surface area contributed by atoms with E-state index in [1.807, 2.05) is 91.0 Å². The average Bonchev–Trinajstić information content (AvgIpc) is 2.79. The summed E-state index contributed by atoms with van der Waals surface area (Å²) in [5.41, 5.74) is 1.84. The van der Waals surface area contributed by atoms with Gasteiger partial charge in [0.05, 0.1) is 6.42 Å². The largest absolute Gasteiger partial charge is 0.484 e. The molecule has 0 aliphatic carbocycles. The molecule has 0 radical (unpaired) electrons. The molecule has 0 saturated carbocycles. The van der Waals surface area contributed by atoms with E-state index < -0.39 is 0 Å².